The van der Waals surface area contributed by atoms with Crippen molar-refractivity contribution in [3.05, 3.63) is 28.8 Å². The Balaban J connectivity index is 2.55. The van der Waals surface area contributed by atoms with Crippen LogP contribution < -0.4 is 4.74 Å². The van der Waals surface area contributed by atoms with Crippen LogP contribution in [0.25, 0.3) is 0 Å². The molecule has 0 amide bonds. The second kappa shape index (κ2) is 4.28. The van der Waals surface area contributed by atoms with Crippen molar-refractivity contribution in [1.82, 2.24) is 0 Å². The van der Waals surface area contributed by atoms with Crippen molar-refractivity contribution in [3.8, 4) is 5.75 Å². The van der Waals surface area contributed by atoms with E-state index >= 15 is 0 Å². The van der Waals surface area contributed by atoms with Crippen molar-refractivity contribution in [2.75, 3.05) is 7.11 Å². The zero-order valence-electron chi connectivity index (χ0n) is 10.2. The smallest absolute Gasteiger partial charge is 0.164 e. The number of rotatable bonds is 3. The van der Waals surface area contributed by atoms with Crippen molar-refractivity contribution in [1.29, 1.82) is 0 Å². The number of fused-ring (bicyclic) bond motifs is 1. The molecule has 0 saturated heterocycles. The molecule has 0 spiro atoms. The lowest BCUT2D eigenvalue weighted by molar-refractivity contribution is 0.0987. The number of ketones is 1. The predicted molar refractivity (Wildman–Crippen MR) is 64.3 cm³/mol. The van der Waals surface area contributed by atoms with Gasteiger partial charge in [0.15, 0.2) is 5.78 Å². The fraction of sp³-hybridized carbons (Fsp3) is 0.500. The molecule has 2 rings (SSSR count). The van der Waals surface area contributed by atoms with Crippen LogP contribution in [-0.4, -0.2) is 12.9 Å². The Bertz CT molecular complexity index is 421. The highest BCUT2D eigenvalue weighted by atomic mass is 16.5. The summed E-state index contributed by atoms with van der Waals surface area (Å²) in [5.74, 6) is 1.53. The van der Waals surface area contributed by atoms with Gasteiger partial charge in [0.2, 0.25) is 0 Å². The Hall–Kier alpha value is -1.31. The van der Waals surface area contributed by atoms with Gasteiger partial charge in [-0.1, -0.05) is 19.4 Å². The van der Waals surface area contributed by atoms with Crippen molar-refractivity contribution in [2.45, 2.75) is 39.0 Å². The normalized spacial score (nSPS) is 18.7. The van der Waals surface area contributed by atoms with E-state index in [0.717, 1.165) is 35.3 Å². The predicted octanol–water partition coefficient (Wildman–Crippen LogP) is 3.47. The lowest BCUT2D eigenvalue weighted by Gasteiger charge is -2.14. The molecule has 1 aromatic rings. The van der Waals surface area contributed by atoms with E-state index in [1.807, 2.05) is 19.1 Å². The van der Waals surface area contributed by atoms with Gasteiger partial charge in [0.05, 0.1) is 7.11 Å². The number of carbonyl (C=O) groups is 1. The van der Waals surface area contributed by atoms with E-state index in [1.54, 1.807) is 7.11 Å². The van der Waals surface area contributed by atoms with Crippen LogP contribution >= 0.6 is 0 Å². The minimum absolute atomic E-state index is 0.282. The van der Waals surface area contributed by atoms with Crippen LogP contribution in [0, 0.1) is 6.92 Å². The van der Waals surface area contributed by atoms with Crippen LogP contribution in [0.4, 0.5) is 0 Å². The van der Waals surface area contributed by atoms with Crippen LogP contribution in [-0.2, 0) is 0 Å². The molecule has 0 radical (unpaired) electrons. The molecule has 0 heterocycles. The van der Waals surface area contributed by atoms with Gasteiger partial charge in [-0.05, 0) is 30.9 Å². The van der Waals surface area contributed by atoms with E-state index in [0.29, 0.717) is 12.3 Å². The standard InChI is InChI=1S/C14H18O2/c1-4-5-10-8-11(15)13-9(2)6-7-12(16-3)14(10)13/h6-7,10H,4-5,8H2,1-3H3. The van der Waals surface area contributed by atoms with Crippen molar-refractivity contribution >= 4 is 5.78 Å². The maximum Gasteiger partial charge on any atom is 0.164 e. The first kappa shape index (κ1) is 11.2. The number of carbonyl (C=O) groups excluding carboxylic acids is 1. The second-order valence-corrected chi connectivity index (χ2v) is 4.49. The molecule has 16 heavy (non-hydrogen) atoms. The van der Waals surface area contributed by atoms with Gasteiger partial charge >= 0.3 is 0 Å². The maximum atomic E-state index is 12.0. The topological polar surface area (TPSA) is 26.3 Å². The quantitative estimate of drug-likeness (QED) is 0.776. The zero-order chi connectivity index (χ0) is 11.7. The monoisotopic (exact) mass is 218 g/mol. The SMILES string of the molecule is CCCC1CC(=O)c2c(C)ccc(OC)c21. The molecule has 0 aliphatic heterocycles. The van der Waals surface area contributed by atoms with Gasteiger partial charge in [-0.15, -0.1) is 0 Å². The van der Waals surface area contributed by atoms with Crippen molar-refractivity contribution in [3.63, 3.8) is 0 Å². The fourth-order valence-corrected chi connectivity index (χ4v) is 2.69. The summed E-state index contributed by atoms with van der Waals surface area (Å²) >= 11 is 0. The Morgan fingerprint density at radius 2 is 2.19 bits per heavy atom. The fourth-order valence-electron chi connectivity index (χ4n) is 2.69. The highest BCUT2D eigenvalue weighted by Gasteiger charge is 2.32. The van der Waals surface area contributed by atoms with Gasteiger partial charge in [0, 0.05) is 17.5 Å². The molecular formula is C14H18O2. The molecule has 2 nitrogen and oxygen atoms in total. The molecule has 2 heteroatoms. The van der Waals surface area contributed by atoms with E-state index in [-0.39, 0.29) is 5.78 Å². The van der Waals surface area contributed by atoms with Crippen LogP contribution in [0.3, 0.4) is 0 Å². The molecule has 86 valence electrons. The van der Waals surface area contributed by atoms with Gasteiger partial charge in [-0.25, -0.2) is 0 Å². The molecule has 0 fully saturated rings. The average Bonchev–Trinajstić information content (AvgIpc) is 2.59. The number of aryl methyl sites for hydroxylation is 1. The van der Waals surface area contributed by atoms with Gasteiger partial charge in [0.25, 0.3) is 0 Å². The molecule has 1 aliphatic rings. The van der Waals surface area contributed by atoms with Gasteiger partial charge in [-0.2, -0.15) is 0 Å². The lowest BCUT2D eigenvalue weighted by Crippen LogP contribution is -1.98. The van der Waals surface area contributed by atoms with Crippen LogP contribution in [0.15, 0.2) is 12.1 Å². The molecule has 1 aromatic carbocycles. The third-order valence-corrected chi connectivity index (χ3v) is 3.39. The average molecular weight is 218 g/mol. The second-order valence-electron chi connectivity index (χ2n) is 4.49. The summed E-state index contributed by atoms with van der Waals surface area (Å²) in [5.41, 5.74) is 3.14. The highest BCUT2D eigenvalue weighted by Crippen LogP contribution is 2.43. The highest BCUT2D eigenvalue weighted by molar-refractivity contribution is 6.03. The first-order valence-electron chi connectivity index (χ1n) is 5.89. The maximum absolute atomic E-state index is 12.0. The third kappa shape index (κ3) is 1.62. The summed E-state index contributed by atoms with van der Waals surface area (Å²) < 4.78 is 5.38. The molecule has 1 atom stereocenters. The van der Waals surface area contributed by atoms with E-state index in [2.05, 4.69) is 6.92 Å². The van der Waals surface area contributed by atoms with Crippen LogP contribution in [0.5, 0.6) is 5.75 Å². The van der Waals surface area contributed by atoms with Gasteiger partial charge in [-0.3, -0.25) is 4.79 Å². The molecule has 0 saturated carbocycles. The van der Waals surface area contributed by atoms with E-state index in [9.17, 15) is 4.79 Å². The summed E-state index contributed by atoms with van der Waals surface area (Å²) in [5, 5.41) is 0. The first-order chi connectivity index (χ1) is 7.69. The number of methoxy groups -OCH3 is 1. The van der Waals surface area contributed by atoms with Crippen molar-refractivity contribution < 1.29 is 9.53 Å². The number of ether oxygens (including phenoxy) is 1. The minimum atomic E-state index is 0.282. The Morgan fingerprint density at radius 3 is 2.81 bits per heavy atom. The van der Waals surface area contributed by atoms with Crippen LogP contribution in [0.1, 0.15) is 53.6 Å². The Kier molecular flexibility index (Phi) is 2.99. The largest absolute Gasteiger partial charge is 0.496 e. The third-order valence-electron chi connectivity index (χ3n) is 3.39. The summed E-state index contributed by atoms with van der Waals surface area (Å²) in [4.78, 5) is 12.0. The minimum Gasteiger partial charge on any atom is -0.496 e. The van der Waals surface area contributed by atoms with Gasteiger partial charge < -0.3 is 4.74 Å². The lowest BCUT2D eigenvalue weighted by atomic mass is 9.94. The Labute approximate surface area is 96.6 Å². The molecule has 0 aromatic heterocycles. The van der Waals surface area contributed by atoms with E-state index in [4.69, 9.17) is 4.74 Å². The molecule has 1 aliphatic carbocycles. The molecule has 0 bridgehead atoms. The number of benzene rings is 1. The number of hydrogen-bond donors (Lipinski definition) is 0. The zero-order valence-corrected chi connectivity index (χ0v) is 10.2. The number of hydrogen-bond acceptors (Lipinski definition) is 2. The van der Waals surface area contributed by atoms with Gasteiger partial charge in [0.1, 0.15) is 5.75 Å². The summed E-state index contributed by atoms with van der Waals surface area (Å²) in [6.07, 6.45) is 2.83. The molecule has 1 unspecified atom stereocenters. The van der Waals surface area contributed by atoms with E-state index in [1.165, 1.54) is 0 Å². The van der Waals surface area contributed by atoms with Crippen molar-refractivity contribution in [2.24, 2.45) is 0 Å². The molecule has 0 N–H and O–H groups in total. The summed E-state index contributed by atoms with van der Waals surface area (Å²) in [6, 6.07) is 3.96. The van der Waals surface area contributed by atoms with E-state index < -0.39 is 0 Å². The molecular weight excluding hydrogens is 200 g/mol. The first-order valence-corrected chi connectivity index (χ1v) is 5.89. The van der Waals surface area contributed by atoms with Crippen LogP contribution in [0.2, 0.25) is 0 Å². The number of Topliss-reactive ketones (excluding diaryl/α,β-unsaturated/α-hetero) is 1. The summed E-state index contributed by atoms with van der Waals surface area (Å²) in [6.45, 7) is 4.16. The summed E-state index contributed by atoms with van der Waals surface area (Å²) in [7, 11) is 1.68. The Morgan fingerprint density at radius 1 is 1.44 bits per heavy atom.